The number of rotatable bonds is 4. The summed E-state index contributed by atoms with van der Waals surface area (Å²) in [7, 11) is 0. The van der Waals surface area contributed by atoms with Crippen molar-refractivity contribution in [2.24, 2.45) is 0 Å². The van der Waals surface area contributed by atoms with Crippen LogP contribution in [0.2, 0.25) is 0 Å². The van der Waals surface area contributed by atoms with Crippen LogP contribution in [0.3, 0.4) is 0 Å². The number of hydroxylamine groups is 2. The highest BCUT2D eigenvalue weighted by Crippen LogP contribution is 2.32. The summed E-state index contributed by atoms with van der Waals surface area (Å²) in [6, 6.07) is 7.96. The van der Waals surface area contributed by atoms with Gasteiger partial charge in [0.2, 0.25) is 0 Å². The fourth-order valence-electron chi connectivity index (χ4n) is 2.81. The normalized spacial score (nSPS) is 25.6. The molecule has 0 aromatic heterocycles. The Labute approximate surface area is 115 Å². The van der Waals surface area contributed by atoms with Crippen LogP contribution in [0, 0.1) is 0 Å². The molecule has 4 nitrogen and oxygen atoms in total. The molecule has 108 valence electrons. The highest BCUT2D eigenvalue weighted by Gasteiger charge is 2.48. The molecule has 2 heterocycles. The average Bonchev–Trinajstić information content (AvgIpc) is 2.70. The van der Waals surface area contributed by atoms with Gasteiger partial charge in [-0.1, -0.05) is 30.3 Å². The number of amides is 2. The number of fused-ring (bicyclic) bond motifs is 2. The van der Waals surface area contributed by atoms with Crippen LogP contribution in [-0.4, -0.2) is 41.0 Å². The van der Waals surface area contributed by atoms with E-state index in [4.69, 9.17) is 4.84 Å². The fraction of sp³-hybridized carbons (Fsp3) is 0.500. The third-order valence-electron chi connectivity index (χ3n) is 3.87. The van der Waals surface area contributed by atoms with Gasteiger partial charge in [0.05, 0.1) is 12.1 Å². The standard InChI is InChI=1S/C14H16F2N2O2/c15-13(16)12-7-6-11-8-17(12)14(19)18(11)20-9-10-4-2-1-3-5-10/h1-5,11-13H,6-9H2/t11-,12+/m1/s1. The number of piperidine rings is 1. The Morgan fingerprint density at radius 3 is 2.70 bits per heavy atom. The van der Waals surface area contributed by atoms with E-state index in [-0.39, 0.29) is 12.6 Å². The first-order valence-electron chi connectivity index (χ1n) is 6.71. The second kappa shape index (κ2) is 5.36. The third kappa shape index (κ3) is 2.35. The fourth-order valence-corrected chi connectivity index (χ4v) is 2.81. The van der Waals surface area contributed by atoms with Crippen molar-refractivity contribution >= 4 is 6.03 Å². The van der Waals surface area contributed by atoms with E-state index in [1.54, 1.807) is 0 Å². The van der Waals surface area contributed by atoms with Gasteiger partial charge in [-0.15, -0.1) is 0 Å². The lowest BCUT2D eigenvalue weighted by atomic mass is 10.0. The number of urea groups is 1. The van der Waals surface area contributed by atoms with Gasteiger partial charge in [0.15, 0.2) is 0 Å². The van der Waals surface area contributed by atoms with Crippen LogP contribution in [0.1, 0.15) is 18.4 Å². The zero-order valence-corrected chi connectivity index (χ0v) is 10.9. The lowest BCUT2D eigenvalue weighted by Gasteiger charge is -2.29. The Morgan fingerprint density at radius 2 is 2.00 bits per heavy atom. The van der Waals surface area contributed by atoms with Crippen LogP contribution in [0.4, 0.5) is 13.6 Å². The predicted octanol–water partition coefficient (Wildman–Crippen LogP) is 2.65. The van der Waals surface area contributed by atoms with Crippen LogP contribution in [0.15, 0.2) is 30.3 Å². The van der Waals surface area contributed by atoms with Crippen molar-refractivity contribution in [1.29, 1.82) is 0 Å². The Bertz CT molecular complexity index is 483. The molecule has 0 N–H and O–H groups in total. The summed E-state index contributed by atoms with van der Waals surface area (Å²) in [5.41, 5.74) is 0.946. The quantitative estimate of drug-likeness (QED) is 0.850. The summed E-state index contributed by atoms with van der Waals surface area (Å²) in [5.74, 6) is 0. The average molecular weight is 282 g/mol. The summed E-state index contributed by atoms with van der Waals surface area (Å²) in [4.78, 5) is 18.9. The molecule has 0 spiro atoms. The number of halogens is 2. The van der Waals surface area contributed by atoms with Gasteiger partial charge in [0.25, 0.3) is 6.43 Å². The van der Waals surface area contributed by atoms with E-state index in [9.17, 15) is 13.6 Å². The molecule has 2 fully saturated rings. The van der Waals surface area contributed by atoms with Gasteiger partial charge in [-0.25, -0.2) is 13.6 Å². The number of hydrogen-bond acceptors (Lipinski definition) is 2. The molecule has 2 atom stereocenters. The minimum absolute atomic E-state index is 0.110. The molecular weight excluding hydrogens is 266 g/mol. The van der Waals surface area contributed by atoms with E-state index < -0.39 is 18.5 Å². The molecular formula is C14H16F2N2O2. The second-order valence-electron chi connectivity index (χ2n) is 5.15. The van der Waals surface area contributed by atoms with E-state index in [1.165, 1.54) is 9.96 Å². The molecule has 2 aliphatic rings. The van der Waals surface area contributed by atoms with Crippen LogP contribution in [0.25, 0.3) is 0 Å². The zero-order valence-electron chi connectivity index (χ0n) is 10.9. The van der Waals surface area contributed by atoms with Crippen LogP contribution >= 0.6 is 0 Å². The molecule has 3 rings (SSSR count). The monoisotopic (exact) mass is 282 g/mol. The number of benzene rings is 1. The Morgan fingerprint density at radius 1 is 1.25 bits per heavy atom. The maximum Gasteiger partial charge on any atom is 0.344 e. The number of carbonyl (C=O) groups is 1. The first-order valence-corrected chi connectivity index (χ1v) is 6.71. The van der Waals surface area contributed by atoms with Crippen molar-refractivity contribution in [2.45, 2.75) is 38.0 Å². The van der Waals surface area contributed by atoms with Gasteiger partial charge < -0.3 is 4.90 Å². The van der Waals surface area contributed by atoms with Gasteiger partial charge in [0, 0.05) is 6.54 Å². The van der Waals surface area contributed by atoms with Crippen molar-refractivity contribution in [3.05, 3.63) is 35.9 Å². The van der Waals surface area contributed by atoms with Gasteiger partial charge in [-0.3, -0.25) is 4.84 Å². The number of carbonyl (C=O) groups excluding carboxylic acids is 1. The number of nitrogens with zero attached hydrogens (tertiary/aromatic N) is 2. The molecule has 2 bridgehead atoms. The maximum absolute atomic E-state index is 12.9. The first-order chi connectivity index (χ1) is 9.66. The lowest BCUT2D eigenvalue weighted by Crippen LogP contribution is -2.44. The van der Waals surface area contributed by atoms with Gasteiger partial charge in [-0.2, -0.15) is 5.06 Å². The van der Waals surface area contributed by atoms with E-state index >= 15 is 0 Å². The van der Waals surface area contributed by atoms with Crippen molar-refractivity contribution in [3.8, 4) is 0 Å². The molecule has 0 unspecified atom stereocenters. The number of alkyl halides is 2. The SMILES string of the molecule is O=C1N2C[C@@H](CC[C@H]2C(F)F)N1OCc1ccccc1. The molecule has 2 aliphatic heterocycles. The van der Waals surface area contributed by atoms with Crippen molar-refractivity contribution in [2.75, 3.05) is 6.54 Å². The smallest absolute Gasteiger partial charge is 0.312 e. The highest BCUT2D eigenvalue weighted by molar-refractivity contribution is 5.77. The first kappa shape index (κ1) is 13.3. The summed E-state index contributed by atoms with van der Waals surface area (Å²) in [5, 5.41) is 1.27. The van der Waals surface area contributed by atoms with Crippen molar-refractivity contribution in [3.63, 3.8) is 0 Å². The van der Waals surface area contributed by atoms with Crippen molar-refractivity contribution < 1.29 is 18.4 Å². The van der Waals surface area contributed by atoms with E-state index in [0.29, 0.717) is 19.4 Å². The van der Waals surface area contributed by atoms with E-state index in [1.807, 2.05) is 30.3 Å². The lowest BCUT2D eigenvalue weighted by molar-refractivity contribution is -0.140. The van der Waals surface area contributed by atoms with E-state index in [0.717, 1.165) is 5.56 Å². The summed E-state index contributed by atoms with van der Waals surface area (Å²) in [6.45, 7) is 0.610. The molecule has 0 aliphatic carbocycles. The second-order valence-corrected chi connectivity index (χ2v) is 5.15. The molecule has 0 radical (unpaired) electrons. The summed E-state index contributed by atoms with van der Waals surface area (Å²) in [6.07, 6.45) is -1.60. The van der Waals surface area contributed by atoms with Crippen molar-refractivity contribution in [1.82, 2.24) is 9.96 Å². The van der Waals surface area contributed by atoms with Crippen LogP contribution < -0.4 is 0 Å². The largest absolute Gasteiger partial charge is 0.344 e. The number of hydrogen-bond donors (Lipinski definition) is 0. The molecule has 2 amide bonds. The summed E-state index contributed by atoms with van der Waals surface area (Å²) >= 11 is 0. The maximum atomic E-state index is 12.9. The highest BCUT2D eigenvalue weighted by atomic mass is 19.3. The van der Waals surface area contributed by atoms with Gasteiger partial charge >= 0.3 is 6.03 Å². The Kier molecular flexibility index (Phi) is 3.56. The Hall–Kier alpha value is -1.69. The molecule has 1 aromatic rings. The van der Waals surface area contributed by atoms with Crippen LogP contribution in [-0.2, 0) is 11.4 Å². The molecule has 20 heavy (non-hydrogen) atoms. The molecule has 0 saturated carbocycles. The Balaban J connectivity index is 1.65. The zero-order chi connectivity index (χ0) is 14.1. The third-order valence-corrected chi connectivity index (χ3v) is 3.87. The molecule has 2 saturated heterocycles. The predicted molar refractivity (Wildman–Crippen MR) is 68.0 cm³/mol. The molecule has 1 aromatic carbocycles. The molecule has 6 heteroatoms. The van der Waals surface area contributed by atoms with Gasteiger partial charge in [-0.05, 0) is 18.4 Å². The van der Waals surface area contributed by atoms with Crippen LogP contribution in [0.5, 0.6) is 0 Å². The minimum Gasteiger partial charge on any atom is -0.312 e. The van der Waals surface area contributed by atoms with E-state index in [2.05, 4.69) is 0 Å². The topological polar surface area (TPSA) is 32.8 Å². The van der Waals surface area contributed by atoms with Gasteiger partial charge in [0.1, 0.15) is 6.61 Å². The summed E-state index contributed by atoms with van der Waals surface area (Å²) < 4.78 is 25.7. The minimum atomic E-state index is -2.49.